The van der Waals surface area contributed by atoms with E-state index >= 15 is 0 Å². The molecule has 1 aliphatic heterocycles. The van der Waals surface area contributed by atoms with Crippen molar-refractivity contribution < 1.29 is 4.74 Å². The fraction of sp³-hybridized carbons (Fsp3) is 0.533. The minimum atomic E-state index is -0.196. The molecule has 1 fully saturated rings. The van der Waals surface area contributed by atoms with Crippen molar-refractivity contribution in [1.82, 2.24) is 9.55 Å². The summed E-state index contributed by atoms with van der Waals surface area (Å²) in [5.41, 5.74) is 1.77. The number of ether oxygens (including phenoxy) is 1. The molecule has 0 radical (unpaired) electrons. The molecule has 0 spiro atoms. The summed E-state index contributed by atoms with van der Waals surface area (Å²) in [6, 6.07) is 3.81. The number of hydrogen-bond acceptors (Lipinski definition) is 2. The van der Waals surface area contributed by atoms with Gasteiger partial charge in [-0.15, -0.1) is 11.6 Å². The highest BCUT2D eigenvalue weighted by molar-refractivity contribution is 6.42. The van der Waals surface area contributed by atoms with Gasteiger partial charge in [0.05, 0.1) is 38.6 Å². The second-order valence-electron chi connectivity index (χ2n) is 5.50. The molecule has 114 valence electrons. The number of alkyl halides is 1. The summed E-state index contributed by atoms with van der Waals surface area (Å²) in [7, 11) is 0. The van der Waals surface area contributed by atoms with E-state index in [0.29, 0.717) is 10.0 Å². The third kappa shape index (κ3) is 2.77. The number of fused-ring (bicyclic) bond motifs is 1. The SMILES string of the molecule is CC(Cl)c1nc2cc(Cl)c(Cl)cc2n1C(C)C1CCCO1. The smallest absolute Gasteiger partial charge is 0.128 e. The first-order valence-corrected chi connectivity index (χ1v) is 8.31. The standard InChI is InChI=1S/C15H17Cl3N2O/c1-8(16)15-19-12-6-10(17)11(18)7-13(12)20(15)9(2)14-4-3-5-21-14/h6-9,14H,3-5H2,1-2H3. The van der Waals surface area contributed by atoms with Crippen molar-refractivity contribution in [2.24, 2.45) is 0 Å². The van der Waals surface area contributed by atoms with Crippen LogP contribution in [0.2, 0.25) is 10.0 Å². The number of nitrogens with zero attached hydrogens (tertiary/aromatic N) is 2. The highest BCUT2D eigenvalue weighted by Gasteiger charge is 2.28. The maximum atomic E-state index is 6.32. The van der Waals surface area contributed by atoms with Crippen molar-refractivity contribution in [3.05, 3.63) is 28.0 Å². The van der Waals surface area contributed by atoms with E-state index in [1.165, 1.54) is 0 Å². The van der Waals surface area contributed by atoms with E-state index in [9.17, 15) is 0 Å². The summed E-state index contributed by atoms with van der Waals surface area (Å²) in [5.74, 6) is 0.827. The van der Waals surface area contributed by atoms with Gasteiger partial charge in [0.25, 0.3) is 0 Å². The molecule has 0 saturated carbocycles. The molecule has 1 saturated heterocycles. The molecule has 0 aliphatic carbocycles. The van der Waals surface area contributed by atoms with E-state index in [0.717, 1.165) is 36.3 Å². The van der Waals surface area contributed by atoms with Crippen LogP contribution >= 0.6 is 34.8 Å². The average molecular weight is 348 g/mol. The Bertz CT molecular complexity index is 662. The zero-order valence-electron chi connectivity index (χ0n) is 11.9. The highest BCUT2D eigenvalue weighted by atomic mass is 35.5. The van der Waals surface area contributed by atoms with Crippen LogP contribution < -0.4 is 0 Å². The number of imidazole rings is 1. The van der Waals surface area contributed by atoms with Gasteiger partial charge in [0.1, 0.15) is 5.82 Å². The van der Waals surface area contributed by atoms with Crippen LogP contribution in [0, 0.1) is 0 Å². The zero-order valence-corrected chi connectivity index (χ0v) is 14.2. The monoisotopic (exact) mass is 346 g/mol. The number of rotatable bonds is 3. The lowest BCUT2D eigenvalue weighted by atomic mass is 10.1. The van der Waals surface area contributed by atoms with Crippen LogP contribution in [0.15, 0.2) is 12.1 Å². The molecule has 1 aromatic heterocycles. The van der Waals surface area contributed by atoms with Crippen LogP contribution in [0.5, 0.6) is 0 Å². The van der Waals surface area contributed by atoms with Crippen LogP contribution in [-0.2, 0) is 4.74 Å². The van der Waals surface area contributed by atoms with E-state index in [2.05, 4.69) is 16.5 Å². The Kier molecular flexibility index (Phi) is 4.37. The van der Waals surface area contributed by atoms with Crippen LogP contribution in [0.25, 0.3) is 11.0 Å². The summed E-state index contributed by atoms with van der Waals surface area (Å²) in [4.78, 5) is 4.64. The van der Waals surface area contributed by atoms with Crippen LogP contribution in [0.4, 0.5) is 0 Å². The normalized spacial score (nSPS) is 21.9. The lowest BCUT2D eigenvalue weighted by Crippen LogP contribution is -2.22. The lowest BCUT2D eigenvalue weighted by molar-refractivity contribution is 0.0736. The molecule has 0 N–H and O–H groups in total. The Hall–Kier alpha value is -0.480. The number of benzene rings is 1. The van der Waals surface area contributed by atoms with Gasteiger partial charge in [-0.1, -0.05) is 23.2 Å². The summed E-state index contributed by atoms with van der Waals surface area (Å²) < 4.78 is 7.97. The quantitative estimate of drug-likeness (QED) is 0.697. The van der Waals surface area contributed by atoms with Gasteiger partial charge < -0.3 is 9.30 Å². The number of aromatic nitrogens is 2. The van der Waals surface area contributed by atoms with Crippen LogP contribution in [-0.4, -0.2) is 22.3 Å². The van der Waals surface area contributed by atoms with Crippen molar-refractivity contribution in [1.29, 1.82) is 0 Å². The van der Waals surface area contributed by atoms with E-state index in [-0.39, 0.29) is 17.5 Å². The molecule has 3 nitrogen and oxygen atoms in total. The minimum absolute atomic E-state index is 0.158. The third-order valence-electron chi connectivity index (χ3n) is 4.02. The molecule has 21 heavy (non-hydrogen) atoms. The molecule has 3 unspecified atom stereocenters. The first-order valence-electron chi connectivity index (χ1n) is 7.11. The summed E-state index contributed by atoms with van der Waals surface area (Å²) in [6.07, 6.45) is 2.34. The van der Waals surface area contributed by atoms with Gasteiger partial charge in [-0.3, -0.25) is 0 Å². The molecule has 0 bridgehead atoms. The number of halogens is 3. The van der Waals surface area contributed by atoms with Gasteiger partial charge >= 0.3 is 0 Å². The minimum Gasteiger partial charge on any atom is -0.376 e. The fourth-order valence-corrected chi connectivity index (χ4v) is 3.44. The molecule has 1 aliphatic rings. The molecule has 1 aromatic carbocycles. The van der Waals surface area contributed by atoms with Gasteiger partial charge in [-0.05, 0) is 38.8 Å². The summed E-state index contributed by atoms with van der Waals surface area (Å²) in [6.45, 7) is 4.88. The first-order chi connectivity index (χ1) is 9.99. The number of hydrogen-bond donors (Lipinski definition) is 0. The van der Waals surface area contributed by atoms with Gasteiger partial charge in [0, 0.05) is 6.61 Å². The molecule has 2 heterocycles. The zero-order chi connectivity index (χ0) is 15.1. The average Bonchev–Trinajstić information content (AvgIpc) is 3.06. The Labute approximate surface area is 139 Å². The van der Waals surface area contributed by atoms with Gasteiger partial charge in [-0.25, -0.2) is 4.98 Å². The van der Waals surface area contributed by atoms with Gasteiger partial charge in [0.2, 0.25) is 0 Å². The molecular weight excluding hydrogens is 331 g/mol. The maximum Gasteiger partial charge on any atom is 0.128 e. The third-order valence-corrected chi connectivity index (χ3v) is 4.94. The molecule has 0 amide bonds. The Balaban J connectivity index is 2.17. The predicted octanol–water partition coefficient (Wildman–Crippen LogP) is 5.38. The topological polar surface area (TPSA) is 27.1 Å². The van der Waals surface area contributed by atoms with Crippen molar-refractivity contribution in [2.75, 3.05) is 6.61 Å². The van der Waals surface area contributed by atoms with Gasteiger partial charge in [-0.2, -0.15) is 0 Å². The Morgan fingerprint density at radius 1 is 1.29 bits per heavy atom. The lowest BCUT2D eigenvalue weighted by Gasteiger charge is -2.23. The molecule has 3 atom stereocenters. The molecule has 6 heteroatoms. The second-order valence-corrected chi connectivity index (χ2v) is 6.97. The van der Waals surface area contributed by atoms with E-state index in [1.807, 2.05) is 13.0 Å². The fourth-order valence-electron chi connectivity index (χ4n) is 2.97. The molecular formula is C15H17Cl3N2O. The summed E-state index contributed by atoms with van der Waals surface area (Å²) in [5, 5.41) is 0.838. The second kappa shape index (κ2) is 5.96. The largest absolute Gasteiger partial charge is 0.376 e. The van der Waals surface area contributed by atoms with Crippen molar-refractivity contribution in [2.45, 2.75) is 44.2 Å². The van der Waals surface area contributed by atoms with Crippen molar-refractivity contribution >= 4 is 45.8 Å². The maximum absolute atomic E-state index is 6.32. The van der Waals surface area contributed by atoms with Crippen LogP contribution in [0.1, 0.15) is 43.9 Å². The predicted molar refractivity (Wildman–Crippen MR) is 87.7 cm³/mol. The van der Waals surface area contributed by atoms with Gasteiger partial charge in [0.15, 0.2) is 0 Å². The van der Waals surface area contributed by atoms with E-state index < -0.39 is 0 Å². The molecule has 3 rings (SSSR count). The Morgan fingerprint density at radius 3 is 2.62 bits per heavy atom. The summed E-state index contributed by atoms with van der Waals surface area (Å²) >= 11 is 18.6. The molecule has 2 aromatic rings. The van der Waals surface area contributed by atoms with Crippen molar-refractivity contribution in [3.63, 3.8) is 0 Å². The Morgan fingerprint density at radius 2 is 2.00 bits per heavy atom. The van der Waals surface area contributed by atoms with Crippen LogP contribution in [0.3, 0.4) is 0 Å². The highest BCUT2D eigenvalue weighted by Crippen LogP contribution is 2.35. The first kappa shape index (κ1) is 15.4. The van der Waals surface area contributed by atoms with Crippen molar-refractivity contribution in [3.8, 4) is 0 Å². The van der Waals surface area contributed by atoms with E-state index in [4.69, 9.17) is 39.5 Å². The van der Waals surface area contributed by atoms with E-state index in [1.54, 1.807) is 6.07 Å².